The predicted molar refractivity (Wildman–Crippen MR) is 98.1 cm³/mol. The van der Waals surface area contributed by atoms with Crippen molar-refractivity contribution in [2.24, 2.45) is 0 Å². The van der Waals surface area contributed by atoms with E-state index in [0.29, 0.717) is 6.04 Å². The van der Waals surface area contributed by atoms with E-state index < -0.39 is 0 Å². The molecule has 1 rings (SSSR count). The maximum atomic E-state index is 13.2. The molecule has 0 aromatic heterocycles. The zero-order chi connectivity index (χ0) is 15.5. The number of unbranched alkanes of at least 4 members (excludes halogenated alkanes) is 6. The Bertz CT molecular complexity index is 395. The summed E-state index contributed by atoms with van der Waals surface area (Å²) in [6.07, 6.45) is 10.5. The molecule has 0 saturated carbocycles. The van der Waals surface area contributed by atoms with Crippen LogP contribution in [0.2, 0.25) is 0 Å². The summed E-state index contributed by atoms with van der Waals surface area (Å²) in [5, 5.41) is 3.54. The second-order valence-corrected chi connectivity index (χ2v) is 6.85. The molecule has 0 saturated heterocycles. The molecular formula is C18H29FIN. The summed E-state index contributed by atoms with van der Waals surface area (Å²) in [6.45, 7) is 5.34. The fourth-order valence-corrected chi connectivity index (χ4v) is 3.56. The topological polar surface area (TPSA) is 12.0 Å². The van der Waals surface area contributed by atoms with Crippen LogP contribution in [0, 0.1) is 9.39 Å². The second kappa shape index (κ2) is 11.4. The third-order valence-corrected chi connectivity index (χ3v) is 4.82. The normalized spacial score (nSPS) is 12.6. The Morgan fingerprint density at radius 2 is 1.71 bits per heavy atom. The second-order valence-electron chi connectivity index (χ2n) is 5.69. The number of halogens is 2. The van der Waals surface area contributed by atoms with Crippen LogP contribution in [-0.2, 0) is 0 Å². The molecular weight excluding hydrogens is 376 g/mol. The van der Waals surface area contributed by atoms with E-state index in [-0.39, 0.29) is 5.82 Å². The van der Waals surface area contributed by atoms with Crippen molar-refractivity contribution >= 4 is 22.6 Å². The average Bonchev–Trinajstić information content (AvgIpc) is 2.45. The van der Waals surface area contributed by atoms with Crippen molar-refractivity contribution < 1.29 is 4.39 Å². The maximum absolute atomic E-state index is 13.2. The molecule has 0 fully saturated rings. The van der Waals surface area contributed by atoms with Crippen LogP contribution in [-0.4, -0.2) is 6.54 Å². The highest BCUT2D eigenvalue weighted by Crippen LogP contribution is 2.25. The SMILES string of the molecule is CCCCCCCCCC(NCC)c1ccc(F)cc1I. The summed E-state index contributed by atoms with van der Waals surface area (Å²) in [5.74, 6) is -0.144. The number of hydrogen-bond donors (Lipinski definition) is 1. The minimum absolute atomic E-state index is 0.144. The molecule has 1 unspecified atom stereocenters. The molecule has 1 N–H and O–H groups in total. The Morgan fingerprint density at radius 1 is 1.05 bits per heavy atom. The summed E-state index contributed by atoms with van der Waals surface area (Å²) in [5.41, 5.74) is 1.24. The lowest BCUT2D eigenvalue weighted by Crippen LogP contribution is -2.21. The summed E-state index contributed by atoms with van der Waals surface area (Å²) in [4.78, 5) is 0. The largest absolute Gasteiger partial charge is 0.310 e. The molecule has 21 heavy (non-hydrogen) atoms. The molecule has 1 aromatic carbocycles. The zero-order valence-corrected chi connectivity index (χ0v) is 15.6. The van der Waals surface area contributed by atoms with Crippen molar-refractivity contribution in [1.29, 1.82) is 0 Å². The molecule has 120 valence electrons. The molecule has 1 aromatic rings. The van der Waals surface area contributed by atoms with Crippen LogP contribution < -0.4 is 5.32 Å². The fraction of sp³-hybridized carbons (Fsp3) is 0.667. The Hall–Kier alpha value is -0.160. The Kier molecular flexibility index (Phi) is 10.3. The summed E-state index contributed by atoms with van der Waals surface area (Å²) < 4.78 is 14.3. The Morgan fingerprint density at radius 3 is 2.33 bits per heavy atom. The Labute approximate surface area is 143 Å². The molecule has 0 radical (unpaired) electrons. The van der Waals surface area contributed by atoms with Gasteiger partial charge in [0.1, 0.15) is 5.82 Å². The van der Waals surface area contributed by atoms with Gasteiger partial charge >= 0.3 is 0 Å². The van der Waals surface area contributed by atoms with Crippen LogP contribution in [0.25, 0.3) is 0 Å². The van der Waals surface area contributed by atoms with Crippen LogP contribution in [0.4, 0.5) is 4.39 Å². The molecule has 0 spiro atoms. The summed E-state index contributed by atoms with van der Waals surface area (Å²) >= 11 is 2.24. The van der Waals surface area contributed by atoms with E-state index in [1.54, 1.807) is 12.1 Å². The van der Waals surface area contributed by atoms with Gasteiger partial charge in [-0.1, -0.05) is 64.9 Å². The molecule has 0 aliphatic rings. The predicted octanol–water partition coefficient (Wildman–Crippen LogP) is 6.22. The fourth-order valence-electron chi connectivity index (χ4n) is 2.70. The van der Waals surface area contributed by atoms with Gasteiger partial charge in [-0.2, -0.15) is 0 Å². The van der Waals surface area contributed by atoms with Gasteiger partial charge in [-0.05, 0) is 53.3 Å². The van der Waals surface area contributed by atoms with E-state index >= 15 is 0 Å². The van der Waals surface area contributed by atoms with E-state index in [2.05, 4.69) is 41.8 Å². The molecule has 0 heterocycles. The van der Waals surface area contributed by atoms with Crippen molar-refractivity contribution in [2.75, 3.05) is 6.54 Å². The monoisotopic (exact) mass is 405 g/mol. The molecule has 1 nitrogen and oxygen atoms in total. The average molecular weight is 405 g/mol. The van der Waals surface area contributed by atoms with Gasteiger partial charge in [0.15, 0.2) is 0 Å². The smallest absolute Gasteiger partial charge is 0.124 e. The van der Waals surface area contributed by atoms with Gasteiger partial charge in [0, 0.05) is 9.61 Å². The van der Waals surface area contributed by atoms with Crippen LogP contribution in [0.5, 0.6) is 0 Å². The highest BCUT2D eigenvalue weighted by atomic mass is 127. The first kappa shape index (κ1) is 18.9. The van der Waals surface area contributed by atoms with Crippen LogP contribution >= 0.6 is 22.6 Å². The molecule has 0 amide bonds. The van der Waals surface area contributed by atoms with Gasteiger partial charge < -0.3 is 5.32 Å². The third-order valence-electron chi connectivity index (χ3n) is 3.88. The lowest BCUT2D eigenvalue weighted by molar-refractivity contribution is 0.473. The van der Waals surface area contributed by atoms with Gasteiger partial charge in [0.25, 0.3) is 0 Å². The number of rotatable bonds is 11. The van der Waals surface area contributed by atoms with Crippen molar-refractivity contribution in [3.63, 3.8) is 0 Å². The quantitative estimate of drug-likeness (QED) is 0.340. The van der Waals surface area contributed by atoms with Crippen LogP contribution in [0.15, 0.2) is 18.2 Å². The number of hydrogen-bond acceptors (Lipinski definition) is 1. The lowest BCUT2D eigenvalue weighted by Gasteiger charge is -2.20. The lowest BCUT2D eigenvalue weighted by atomic mass is 9.99. The highest BCUT2D eigenvalue weighted by molar-refractivity contribution is 14.1. The molecule has 1 atom stereocenters. The van der Waals surface area contributed by atoms with Crippen molar-refractivity contribution in [2.45, 2.75) is 71.3 Å². The van der Waals surface area contributed by atoms with E-state index in [1.807, 2.05) is 6.07 Å². The first-order chi connectivity index (χ1) is 10.2. The van der Waals surface area contributed by atoms with Gasteiger partial charge in [0.2, 0.25) is 0 Å². The van der Waals surface area contributed by atoms with E-state index in [9.17, 15) is 4.39 Å². The van der Waals surface area contributed by atoms with Gasteiger partial charge in [-0.25, -0.2) is 4.39 Å². The third kappa shape index (κ3) is 7.59. The highest BCUT2D eigenvalue weighted by Gasteiger charge is 2.13. The van der Waals surface area contributed by atoms with E-state index in [4.69, 9.17) is 0 Å². The van der Waals surface area contributed by atoms with Crippen molar-refractivity contribution in [3.05, 3.63) is 33.1 Å². The number of nitrogens with one attached hydrogen (secondary N) is 1. The molecule has 0 aliphatic heterocycles. The minimum atomic E-state index is -0.144. The van der Waals surface area contributed by atoms with E-state index in [1.165, 1.54) is 50.5 Å². The van der Waals surface area contributed by atoms with Crippen LogP contribution in [0.1, 0.15) is 76.8 Å². The first-order valence-electron chi connectivity index (χ1n) is 8.37. The van der Waals surface area contributed by atoms with E-state index in [0.717, 1.165) is 16.5 Å². The molecule has 0 bridgehead atoms. The minimum Gasteiger partial charge on any atom is -0.310 e. The standard InChI is InChI=1S/C18H29FIN/c1-3-5-6-7-8-9-10-11-18(21-4-2)16-13-12-15(19)14-17(16)20/h12-14,18,21H,3-11H2,1-2H3. The maximum Gasteiger partial charge on any atom is 0.124 e. The molecule has 0 aliphatic carbocycles. The number of benzene rings is 1. The van der Waals surface area contributed by atoms with Gasteiger partial charge in [0.05, 0.1) is 0 Å². The Balaban J connectivity index is 2.39. The van der Waals surface area contributed by atoms with Gasteiger partial charge in [-0.3, -0.25) is 0 Å². The van der Waals surface area contributed by atoms with Crippen molar-refractivity contribution in [3.8, 4) is 0 Å². The van der Waals surface area contributed by atoms with Crippen LogP contribution in [0.3, 0.4) is 0 Å². The zero-order valence-electron chi connectivity index (χ0n) is 13.4. The van der Waals surface area contributed by atoms with Gasteiger partial charge in [-0.15, -0.1) is 0 Å². The summed E-state index contributed by atoms with van der Waals surface area (Å²) in [6, 6.07) is 5.50. The molecule has 3 heteroatoms. The first-order valence-corrected chi connectivity index (χ1v) is 9.45. The summed E-state index contributed by atoms with van der Waals surface area (Å²) in [7, 11) is 0. The van der Waals surface area contributed by atoms with Crippen molar-refractivity contribution in [1.82, 2.24) is 5.32 Å².